The summed E-state index contributed by atoms with van der Waals surface area (Å²) < 4.78 is 12.6. The van der Waals surface area contributed by atoms with Crippen LogP contribution in [0, 0.1) is 0 Å². The molecule has 3 rings (SSSR count). The van der Waals surface area contributed by atoms with Gasteiger partial charge in [-0.25, -0.2) is 4.68 Å². The van der Waals surface area contributed by atoms with Crippen LogP contribution in [0.15, 0.2) is 41.5 Å². The van der Waals surface area contributed by atoms with Gasteiger partial charge in [0.15, 0.2) is 5.96 Å². The van der Waals surface area contributed by atoms with Crippen LogP contribution in [0.5, 0.6) is 0 Å². The number of carboxylic acid groups (broad SMARTS) is 1. The van der Waals surface area contributed by atoms with Crippen molar-refractivity contribution in [2.45, 2.75) is 102 Å². The molecule has 0 spiro atoms. The van der Waals surface area contributed by atoms with Gasteiger partial charge in [0.25, 0.3) is 0 Å². The molecule has 4 atom stereocenters. The van der Waals surface area contributed by atoms with Gasteiger partial charge in [-0.2, -0.15) is 0 Å². The molecule has 22 nitrogen and oxygen atoms in total. The molecular formula is C39H60N12O10. The highest BCUT2D eigenvalue weighted by atomic mass is 16.5. The third kappa shape index (κ3) is 20.1. The first-order chi connectivity index (χ1) is 29.3. The molecule has 1 saturated heterocycles. The summed E-state index contributed by atoms with van der Waals surface area (Å²) in [5.41, 5.74) is 12.1. The monoisotopic (exact) mass is 856 g/mol. The lowest BCUT2D eigenvalue weighted by Crippen LogP contribution is -2.58. The van der Waals surface area contributed by atoms with Crippen LogP contribution in [0.25, 0.3) is 0 Å². The van der Waals surface area contributed by atoms with Crippen molar-refractivity contribution in [1.29, 1.82) is 0 Å². The lowest BCUT2D eigenvalue weighted by molar-refractivity contribution is -0.141. The largest absolute Gasteiger partial charge is 0.481 e. The number of aliphatic carboxylic acids is 1. The van der Waals surface area contributed by atoms with E-state index in [0.29, 0.717) is 63.5 Å². The number of benzene rings is 1. The number of aliphatic imine (C=N–C) groups is 1. The molecule has 2 aromatic rings. The Morgan fingerprint density at radius 1 is 0.852 bits per heavy atom. The van der Waals surface area contributed by atoms with E-state index in [9.17, 15) is 38.7 Å². The highest BCUT2D eigenvalue weighted by molar-refractivity contribution is 5.98. The van der Waals surface area contributed by atoms with Crippen molar-refractivity contribution in [3.63, 3.8) is 0 Å². The molecule has 0 saturated carbocycles. The smallest absolute Gasteiger partial charge is 0.305 e. The number of rotatable bonds is 24. The van der Waals surface area contributed by atoms with Gasteiger partial charge in [0, 0.05) is 45.2 Å². The molecule has 1 aliphatic rings. The molecule has 61 heavy (non-hydrogen) atoms. The van der Waals surface area contributed by atoms with Crippen molar-refractivity contribution in [3.05, 3.63) is 47.8 Å². The number of ether oxygens (including phenoxy) is 2. The second-order valence-electron chi connectivity index (χ2n) is 14.3. The van der Waals surface area contributed by atoms with Crippen LogP contribution >= 0.6 is 0 Å². The summed E-state index contributed by atoms with van der Waals surface area (Å²) >= 11 is 0. The zero-order valence-corrected chi connectivity index (χ0v) is 34.6. The lowest BCUT2D eigenvalue weighted by Gasteiger charge is -2.26. The third-order valence-electron chi connectivity index (χ3n) is 9.20. The van der Waals surface area contributed by atoms with Crippen LogP contribution in [-0.4, -0.2) is 138 Å². The van der Waals surface area contributed by atoms with Crippen LogP contribution < -0.4 is 43.4 Å². The maximum atomic E-state index is 13.9. The number of guanidine groups is 1. The van der Waals surface area contributed by atoms with Gasteiger partial charge < -0.3 is 57.9 Å². The summed E-state index contributed by atoms with van der Waals surface area (Å²) in [7, 11) is 0. The third-order valence-corrected chi connectivity index (χ3v) is 9.20. The maximum Gasteiger partial charge on any atom is 0.305 e. The molecule has 0 unspecified atom stereocenters. The molecule has 0 radical (unpaired) electrons. The Balaban J connectivity index is 1.68. The summed E-state index contributed by atoms with van der Waals surface area (Å²) in [5, 5.41) is 33.2. The Morgan fingerprint density at radius 2 is 1.51 bits per heavy atom. The Morgan fingerprint density at radius 3 is 2.21 bits per heavy atom. The summed E-state index contributed by atoms with van der Waals surface area (Å²) in [4.78, 5) is 95.6. The summed E-state index contributed by atoms with van der Waals surface area (Å²) in [6, 6.07) is 3.37. The highest BCUT2D eigenvalue weighted by Gasteiger charge is 2.33. The molecule has 11 N–H and O–H groups in total. The Labute approximate surface area is 354 Å². The standard InChI is InChI=1S/C39H60N12O10/c1-2-18-60-20-21-61-19-17-51-25-27(49-50-51)13-14-32(52)42-15-7-6-11-29-36(57)46-28(12-8-16-43-39(40)41)35(56)44-24-33(53)45-31(23-34(54)55)38(59)48-30(37(58)47-29)22-26-9-4-3-5-10-26/h3-5,9-10,25,28-31H,2,6-8,11-24H2,1H3,(H,42,52)(H,44,56)(H,45,53)(H,46,57)(H,47,58)(H,48,59)(H,54,55)(H4,40,41,43)/t28-,29-,30+,31-/m0/s1. The van der Waals surface area contributed by atoms with Gasteiger partial charge in [-0.05, 0) is 44.1 Å². The number of unbranched alkanes of at least 4 members (excludes halogenated alkanes) is 1. The molecule has 22 heteroatoms. The number of carbonyl (C=O) groups excluding carboxylic acids is 6. The Kier molecular flexibility index (Phi) is 22.2. The number of aryl methyl sites for hydroxylation is 1. The molecule has 2 heterocycles. The summed E-state index contributed by atoms with van der Waals surface area (Å²) in [5.74, 6) is -5.85. The number of carboxylic acids is 1. The number of carbonyl (C=O) groups is 7. The fourth-order valence-electron chi connectivity index (χ4n) is 6.06. The highest BCUT2D eigenvalue weighted by Crippen LogP contribution is 2.10. The van der Waals surface area contributed by atoms with Crippen molar-refractivity contribution in [3.8, 4) is 0 Å². The number of hydrogen-bond donors (Lipinski definition) is 9. The van der Waals surface area contributed by atoms with E-state index in [1.807, 2.05) is 6.92 Å². The molecule has 336 valence electrons. The van der Waals surface area contributed by atoms with Crippen molar-refractivity contribution in [2.24, 2.45) is 16.5 Å². The first-order valence-corrected chi connectivity index (χ1v) is 20.4. The summed E-state index contributed by atoms with van der Waals surface area (Å²) in [6.45, 7) is 4.45. The van der Waals surface area contributed by atoms with E-state index in [1.54, 1.807) is 41.2 Å². The zero-order chi connectivity index (χ0) is 44.4. The van der Waals surface area contributed by atoms with Crippen LogP contribution in [0.2, 0.25) is 0 Å². The average molecular weight is 857 g/mol. The van der Waals surface area contributed by atoms with Gasteiger partial charge in [-0.3, -0.25) is 38.6 Å². The minimum atomic E-state index is -1.60. The van der Waals surface area contributed by atoms with E-state index in [1.165, 1.54) is 0 Å². The number of nitrogens with two attached hydrogens (primary N) is 2. The van der Waals surface area contributed by atoms with E-state index < -0.39 is 72.6 Å². The molecule has 1 aromatic carbocycles. The Hall–Kier alpha value is -6.16. The van der Waals surface area contributed by atoms with Gasteiger partial charge in [0.05, 0.1) is 45.0 Å². The predicted molar refractivity (Wildman–Crippen MR) is 220 cm³/mol. The second kappa shape index (κ2) is 27.6. The molecule has 1 aliphatic heterocycles. The molecular weight excluding hydrogens is 797 g/mol. The van der Waals surface area contributed by atoms with Crippen LogP contribution in [-0.2, 0) is 62.4 Å². The average Bonchev–Trinajstić information content (AvgIpc) is 3.69. The van der Waals surface area contributed by atoms with E-state index in [0.717, 1.165) is 6.42 Å². The first-order valence-electron chi connectivity index (χ1n) is 20.4. The second-order valence-corrected chi connectivity index (χ2v) is 14.3. The fraction of sp³-hybridized carbons (Fsp3) is 0.590. The topological polar surface area (TPSA) is 325 Å². The molecule has 6 amide bonds. The van der Waals surface area contributed by atoms with Crippen LogP contribution in [0.1, 0.15) is 69.5 Å². The minimum absolute atomic E-state index is 0.0419. The molecule has 0 bridgehead atoms. The fourth-order valence-corrected chi connectivity index (χ4v) is 6.06. The SMILES string of the molecule is CCCOCCOCCn1cc(CCC(=O)NCCCC[C@@H]2NC(=O)[C@@H](Cc3ccccc3)NC(=O)[C@H](CC(=O)O)NC(=O)CNC(=O)[C@H](CCCN=C(N)N)NC2=O)nn1. The number of aromatic nitrogens is 3. The van der Waals surface area contributed by atoms with E-state index >= 15 is 0 Å². The van der Waals surface area contributed by atoms with Crippen molar-refractivity contribution >= 4 is 47.4 Å². The van der Waals surface area contributed by atoms with Gasteiger partial charge in [0.1, 0.15) is 24.2 Å². The van der Waals surface area contributed by atoms with Crippen LogP contribution in [0.3, 0.4) is 0 Å². The van der Waals surface area contributed by atoms with Gasteiger partial charge in [0.2, 0.25) is 35.4 Å². The minimum Gasteiger partial charge on any atom is -0.481 e. The maximum absolute atomic E-state index is 13.9. The van der Waals surface area contributed by atoms with Gasteiger partial charge >= 0.3 is 5.97 Å². The number of amides is 6. The van der Waals surface area contributed by atoms with E-state index in [-0.39, 0.29) is 57.1 Å². The van der Waals surface area contributed by atoms with E-state index in [2.05, 4.69) is 47.2 Å². The predicted octanol–water partition coefficient (Wildman–Crippen LogP) is -2.22. The summed E-state index contributed by atoms with van der Waals surface area (Å²) in [6.07, 6.45) is 3.52. The van der Waals surface area contributed by atoms with Crippen molar-refractivity contribution in [2.75, 3.05) is 46.1 Å². The lowest BCUT2D eigenvalue weighted by atomic mass is 10.0. The first kappa shape index (κ1) is 49.2. The molecule has 1 aromatic heterocycles. The number of nitrogens with zero attached hydrogens (tertiary/aromatic N) is 4. The van der Waals surface area contributed by atoms with Gasteiger partial charge in [-0.15, -0.1) is 5.10 Å². The number of hydrogen-bond acceptors (Lipinski definition) is 12. The quantitative estimate of drug-likeness (QED) is 0.0307. The normalized spacial score (nSPS) is 18.9. The molecule has 1 fully saturated rings. The molecule has 0 aliphatic carbocycles. The Bertz CT molecular complexity index is 1750. The van der Waals surface area contributed by atoms with Crippen molar-refractivity contribution in [1.82, 2.24) is 46.9 Å². The van der Waals surface area contributed by atoms with Crippen molar-refractivity contribution < 1.29 is 48.1 Å². The zero-order valence-electron chi connectivity index (χ0n) is 34.6. The van der Waals surface area contributed by atoms with E-state index in [4.69, 9.17) is 20.9 Å². The van der Waals surface area contributed by atoms with Crippen LogP contribution in [0.4, 0.5) is 0 Å². The number of nitrogens with one attached hydrogen (secondary N) is 6. The van der Waals surface area contributed by atoms with Gasteiger partial charge in [-0.1, -0.05) is 42.5 Å².